The van der Waals surface area contributed by atoms with E-state index in [-0.39, 0.29) is 12.0 Å². The van der Waals surface area contributed by atoms with Crippen molar-refractivity contribution in [2.75, 3.05) is 32.5 Å². The Morgan fingerprint density at radius 3 is 2.47 bits per heavy atom. The van der Waals surface area contributed by atoms with Crippen LogP contribution in [0.5, 0.6) is 0 Å². The zero-order chi connectivity index (χ0) is 14.5. The summed E-state index contributed by atoms with van der Waals surface area (Å²) < 4.78 is 29.0. The van der Waals surface area contributed by atoms with Crippen LogP contribution in [0.15, 0.2) is 12.2 Å². The lowest BCUT2D eigenvalue weighted by molar-refractivity contribution is -0.138. The van der Waals surface area contributed by atoms with Gasteiger partial charge >= 0.3 is 5.97 Å². The van der Waals surface area contributed by atoms with Crippen LogP contribution in [0.2, 0.25) is 0 Å². The van der Waals surface area contributed by atoms with Gasteiger partial charge in [-0.25, -0.2) is 17.5 Å². The summed E-state index contributed by atoms with van der Waals surface area (Å²) in [5.41, 5.74) is 0.396. The van der Waals surface area contributed by atoms with Crippen LogP contribution in [0.3, 0.4) is 0 Å². The fraction of sp³-hybridized carbons (Fsp3) is 0.750. The number of piperidine rings is 1. The molecule has 0 aliphatic carbocycles. The molecule has 0 aromatic carbocycles. The number of rotatable bonds is 6. The number of hydrogen-bond donors (Lipinski definition) is 1. The van der Waals surface area contributed by atoms with Gasteiger partial charge in [0.2, 0.25) is 10.0 Å². The van der Waals surface area contributed by atoms with E-state index in [4.69, 9.17) is 4.74 Å². The average molecular weight is 290 g/mol. The Bertz CT molecular complexity index is 425. The second-order valence-corrected chi connectivity index (χ2v) is 6.62. The minimum atomic E-state index is -3.09. The lowest BCUT2D eigenvalue weighted by atomic mass is 10.1. The van der Waals surface area contributed by atoms with Crippen LogP contribution in [0.4, 0.5) is 0 Å². The summed E-state index contributed by atoms with van der Waals surface area (Å²) in [5, 5.41) is 3.21. The lowest BCUT2D eigenvalue weighted by Crippen LogP contribution is -2.45. The molecule has 0 saturated carbocycles. The molecule has 0 unspecified atom stereocenters. The first kappa shape index (κ1) is 16.1. The fourth-order valence-electron chi connectivity index (χ4n) is 1.96. The molecule has 0 bridgehead atoms. The Morgan fingerprint density at radius 2 is 2.00 bits per heavy atom. The van der Waals surface area contributed by atoms with E-state index in [1.807, 2.05) is 0 Å². The first-order valence-corrected chi connectivity index (χ1v) is 8.22. The number of nitrogens with one attached hydrogen (secondary N) is 1. The molecule has 1 saturated heterocycles. The average Bonchev–Trinajstić information content (AvgIpc) is 2.35. The SMILES string of the molecule is C=C(CNC1CCN(S(C)(=O)=O)CC1)C(=O)OCC. The third kappa shape index (κ3) is 5.30. The molecule has 19 heavy (non-hydrogen) atoms. The molecule has 0 aromatic heterocycles. The number of carbonyl (C=O) groups excluding carboxylic acids is 1. The number of ether oxygens (including phenoxy) is 1. The van der Waals surface area contributed by atoms with Gasteiger partial charge in [0, 0.05) is 31.2 Å². The molecule has 1 fully saturated rings. The highest BCUT2D eigenvalue weighted by molar-refractivity contribution is 7.88. The van der Waals surface area contributed by atoms with Crippen LogP contribution < -0.4 is 5.32 Å². The molecule has 1 aliphatic rings. The summed E-state index contributed by atoms with van der Waals surface area (Å²) in [5.74, 6) is -0.386. The molecule has 0 aromatic rings. The third-order valence-electron chi connectivity index (χ3n) is 3.09. The summed E-state index contributed by atoms with van der Waals surface area (Å²) in [6.45, 7) is 7.17. The van der Waals surface area contributed by atoms with Gasteiger partial charge in [0.25, 0.3) is 0 Å². The van der Waals surface area contributed by atoms with E-state index < -0.39 is 10.0 Å². The van der Waals surface area contributed by atoms with Gasteiger partial charge in [0.05, 0.1) is 12.9 Å². The standard InChI is InChI=1S/C12H22N2O4S/c1-4-18-12(15)10(2)9-13-11-5-7-14(8-6-11)19(3,16)17/h11,13H,2,4-9H2,1,3H3. The Morgan fingerprint density at radius 1 is 1.42 bits per heavy atom. The van der Waals surface area contributed by atoms with Crippen LogP contribution in [-0.2, 0) is 19.6 Å². The molecule has 1 heterocycles. The number of carbonyl (C=O) groups is 1. The van der Waals surface area contributed by atoms with Gasteiger partial charge < -0.3 is 10.1 Å². The van der Waals surface area contributed by atoms with Crippen LogP contribution in [0, 0.1) is 0 Å². The molecule has 1 N–H and O–H groups in total. The van der Waals surface area contributed by atoms with E-state index in [0.29, 0.717) is 31.8 Å². The molecule has 1 rings (SSSR count). The predicted molar refractivity (Wildman–Crippen MR) is 73.2 cm³/mol. The van der Waals surface area contributed by atoms with Crippen molar-refractivity contribution in [3.05, 3.63) is 12.2 Å². The first-order chi connectivity index (χ1) is 8.84. The van der Waals surface area contributed by atoms with Crippen molar-refractivity contribution in [3.8, 4) is 0 Å². The number of hydrogen-bond acceptors (Lipinski definition) is 5. The van der Waals surface area contributed by atoms with E-state index in [0.717, 1.165) is 12.8 Å². The zero-order valence-corrected chi connectivity index (χ0v) is 12.3. The molecule has 0 amide bonds. The van der Waals surface area contributed by atoms with E-state index in [9.17, 15) is 13.2 Å². The van der Waals surface area contributed by atoms with Gasteiger partial charge in [-0.3, -0.25) is 0 Å². The molecule has 110 valence electrons. The smallest absolute Gasteiger partial charge is 0.334 e. The van der Waals surface area contributed by atoms with Crippen molar-refractivity contribution >= 4 is 16.0 Å². The lowest BCUT2D eigenvalue weighted by Gasteiger charge is -2.30. The second kappa shape index (κ2) is 7.02. The molecule has 7 heteroatoms. The number of sulfonamides is 1. The van der Waals surface area contributed by atoms with Crippen molar-refractivity contribution < 1.29 is 17.9 Å². The summed E-state index contributed by atoms with van der Waals surface area (Å²) in [6.07, 6.45) is 2.70. The maximum atomic E-state index is 11.4. The van der Waals surface area contributed by atoms with Gasteiger partial charge in [-0.05, 0) is 19.8 Å². The van der Waals surface area contributed by atoms with Gasteiger partial charge in [0.1, 0.15) is 0 Å². The molecule has 1 aliphatic heterocycles. The van der Waals surface area contributed by atoms with Crippen LogP contribution in [0.1, 0.15) is 19.8 Å². The van der Waals surface area contributed by atoms with Gasteiger partial charge in [-0.1, -0.05) is 6.58 Å². The van der Waals surface area contributed by atoms with Crippen molar-refractivity contribution in [1.29, 1.82) is 0 Å². The first-order valence-electron chi connectivity index (χ1n) is 6.38. The van der Waals surface area contributed by atoms with Crippen LogP contribution in [0.25, 0.3) is 0 Å². The Balaban J connectivity index is 2.30. The van der Waals surface area contributed by atoms with Crippen LogP contribution >= 0.6 is 0 Å². The third-order valence-corrected chi connectivity index (χ3v) is 4.39. The Kier molecular flexibility index (Phi) is 5.96. The number of esters is 1. The maximum absolute atomic E-state index is 11.4. The summed E-state index contributed by atoms with van der Waals surface area (Å²) in [4.78, 5) is 11.3. The Hall–Kier alpha value is -0.920. The molecular formula is C12H22N2O4S. The van der Waals surface area contributed by atoms with E-state index in [1.165, 1.54) is 10.6 Å². The highest BCUT2D eigenvalue weighted by atomic mass is 32.2. The van der Waals surface area contributed by atoms with Crippen molar-refractivity contribution in [2.24, 2.45) is 0 Å². The van der Waals surface area contributed by atoms with Crippen molar-refractivity contribution in [2.45, 2.75) is 25.8 Å². The van der Waals surface area contributed by atoms with E-state index in [2.05, 4.69) is 11.9 Å². The van der Waals surface area contributed by atoms with Crippen molar-refractivity contribution in [1.82, 2.24) is 9.62 Å². The van der Waals surface area contributed by atoms with Crippen molar-refractivity contribution in [3.63, 3.8) is 0 Å². The highest BCUT2D eigenvalue weighted by Gasteiger charge is 2.24. The van der Waals surface area contributed by atoms with Crippen LogP contribution in [-0.4, -0.2) is 57.2 Å². The fourth-order valence-corrected chi connectivity index (χ4v) is 2.84. The van der Waals surface area contributed by atoms with Gasteiger partial charge in [-0.15, -0.1) is 0 Å². The second-order valence-electron chi connectivity index (χ2n) is 4.64. The van der Waals surface area contributed by atoms with Gasteiger partial charge in [0.15, 0.2) is 0 Å². The molecule has 0 spiro atoms. The summed E-state index contributed by atoms with van der Waals surface area (Å²) in [7, 11) is -3.09. The Labute approximate surface area is 114 Å². The number of nitrogens with zero attached hydrogens (tertiary/aromatic N) is 1. The quantitative estimate of drug-likeness (QED) is 0.555. The largest absolute Gasteiger partial charge is 0.463 e. The van der Waals surface area contributed by atoms with Gasteiger partial charge in [-0.2, -0.15) is 0 Å². The van der Waals surface area contributed by atoms with E-state index in [1.54, 1.807) is 6.92 Å². The monoisotopic (exact) mass is 290 g/mol. The molecule has 6 nitrogen and oxygen atoms in total. The summed E-state index contributed by atoms with van der Waals surface area (Å²) >= 11 is 0. The minimum Gasteiger partial charge on any atom is -0.463 e. The molecular weight excluding hydrogens is 268 g/mol. The maximum Gasteiger partial charge on any atom is 0.334 e. The predicted octanol–water partition coefficient (Wildman–Crippen LogP) is 0.119. The molecule has 0 atom stereocenters. The zero-order valence-electron chi connectivity index (χ0n) is 11.5. The molecule has 0 radical (unpaired) electrons. The normalized spacial score (nSPS) is 18.2. The topological polar surface area (TPSA) is 75.7 Å². The highest BCUT2D eigenvalue weighted by Crippen LogP contribution is 2.13. The summed E-state index contributed by atoms with van der Waals surface area (Å²) in [6, 6.07) is 0.212. The minimum absolute atomic E-state index is 0.212. The van der Waals surface area contributed by atoms with E-state index >= 15 is 0 Å².